The molecule has 0 radical (unpaired) electrons. The first-order valence-corrected chi connectivity index (χ1v) is 10.5. The number of hydrogen-bond acceptors (Lipinski definition) is 5. The molecule has 2 heterocycles. The summed E-state index contributed by atoms with van der Waals surface area (Å²) in [5.41, 5.74) is 2.63. The van der Waals surface area contributed by atoms with Gasteiger partial charge in [-0.1, -0.05) is 59.8 Å². The van der Waals surface area contributed by atoms with Gasteiger partial charge in [-0.25, -0.2) is 4.98 Å². The number of aryl methyl sites for hydroxylation is 1. The molecule has 1 aromatic heterocycles. The van der Waals surface area contributed by atoms with Gasteiger partial charge in [-0.3, -0.25) is 14.4 Å². The maximum absolute atomic E-state index is 12.8. The SMILES string of the molecule is Cc1ccc(CSc2nc3c(c(=O)[nH]2)C(C(=O)Nc2ccccc2)CC(=O)N3)cc1. The van der Waals surface area contributed by atoms with E-state index in [2.05, 4.69) is 20.6 Å². The van der Waals surface area contributed by atoms with Crippen molar-refractivity contribution >= 4 is 35.1 Å². The zero-order valence-corrected chi connectivity index (χ0v) is 17.1. The number of rotatable bonds is 5. The largest absolute Gasteiger partial charge is 0.326 e. The highest BCUT2D eigenvalue weighted by molar-refractivity contribution is 7.98. The number of carbonyl (C=O) groups excluding carboxylic acids is 2. The summed E-state index contributed by atoms with van der Waals surface area (Å²) in [5.74, 6) is -0.891. The minimum absolute atomic E-state index is 0.105. The summed E-state index contributed by atoms with van der Waals surface area (Å²) in [5, 5.41) is 5.79. The molecule has 1 aliphatic rings. The van der Waals surface area contributed by atoms with E-state index in [0.29, 0.717) is 16.6 Å². The topological polar surface area (TPSA) is 104 Å². The van der Waals surface area contributed by atoms with Gasteiger partial charge >= 0.3 is 0 Å². The first-order chi connectivity index (χ1) is 14.5. The maximum Gasteiger partial charge on any atom is 0.257 e. The molecule has 0 spiro atoms. The first kappa shape index (κ1) is 19.9. The summed E-state index contributed by atoms with van der Waals surface area (Å²) in [7, 11) is 0. The quantitative estimate of drug-likeness (QED) is 0.433. The molecule has 2 amide bonds. The van der Waals surface area contributed by atoms with Crippen LogP contribution in [0.2, 0.25) is 0 Å². The average Bonchev–Trinajstić information content (AvgIpc) is 2.73. The number of nitrogens with one attached hydrogen (secondary N) is 3. The lowest BCUT2D eigenvalue weighted by Gasteiger charge is -2.23. The lowest BCUT2D eigenvalue weighted by Crippen LogP contribution is -2.36. The van der Waals surface area contributed by atoms with Crippen LogP contribution in [0.15, 0.2) is 64.5 Å². The van der Waals surface area contributed by atoms with Gasteiger partial charge in [0.15, 0.2) is 5.16 Å². The van der Waals surface area contributed by atoms with E-state index >= 15 is 0 Å². The normalized spacial score (nSPS) is 15.2. The van der Waals surface area contributed by atoms with Crippen molar-refractivity contribution in [1.82, 2.24) is 9.97 Å². The van der Waals surface area contributed by atoms with Crippen molar-refractivity contribution < 1.29 is 9.59 Å². The van der Waals surface area contributed by atoms with E-state index in [9.17, 15) is 14.4 Å². The standard InChI is InChI=1S/C22H20N4O3S/c1-13-7-9-14(10-8-13)12-30-22-25-19-18(21(29)26-22)16(11-17(27)24-19)20(28)23-15-5-3-2-4-6-15/h2-10,16H,11-12H2,1H3,(H,23,28)(H2,24,25,26,27,29). The van der Waals surface area contributed by atoms with E-state index in [1.807, 2.05) is 37.3 Å². The van der Waals surface area contributed by atoms with Crippen LogP contribution in [-0.2, 0) is 15.3 Å². The fraction of sp³-hybridized carbons (Fsp3) is 0.182. The Balaban J connectivity index is 1.57. The van der Waals surface area contributed by atoms with Crippen LogP contribution in [0.3, 0.4) is 0 Å². The Morgan fingerprint density at radius 2 is 1.87 bits per heavy atom. The number of para-hydroxylation sites is 1. The lowest BCUT2D eigenvalue weighted by atomic mass is 9.92. The van der Waals surface area contributed by atoms with Crippen molar-refractivity contribution in [2.75, 3.05) is 10.6 Å². The molecule has 2 aromatic carbocycles. The minimum atomic E-state index is -0.902. The molecule has 4 rings (SSSR count). The third kappa shape index (κ3) is 4.44. The number of benzene rings is 2. The molecule has 1 aliphatic heterocycles. The highest BCUT2D eigenvalue weighted by atomic mass is 32.2. The molecule has 1 atom stereocenters. The maximum atomic E-state index is 12.8. The third-order valence-corrected chi connectivity index (χ3v) is 5.73. The molecule has 7 nitrogen and oxygen atoms in total. The molecular weight excluding hydrogens is 400 g/mol. The highest BCUT2D eigenvalue weighted by Gasteiger charge is 2.34. The average molecular weight is 420 g/mol. The van der Waals surface area contributed by atoms with Gasteiger partial charge < -0.3 is 15.6 Å². The number of anilines is 2. The molecule has 0 saturated carbocycles. The van der Waals surface area contributed by atoms with E-state index in [1.165, 1.54) is 17.3 Å². The van der Waals surface area contributed by atoms with E-state index < -0.39 is 17.4 Å². The van der Waals surface area contributed by atoms with Gasteiger partial charge in [-0.05, 0) is 24.6 Å². The number of carbonyl (C=O) groups is 2. The number of aromatic amines is 1. The second-order valence-electron chi connectivity index (χ2n) is 7.07. The van der Waals surface area contributed by atoms with Crippen LogP contribution >= 0.6 is 11.8 Å². The third-order valence-electron chi connectivity index (χ3n) is 4.78. The number of fused-ring (bicyclic) bond motifs is 1. The molecule has 152 valence electrons. The fourth-order valence-electron chi connectivity index (χ4n) is 3.23. The monoisotopic (exact) mass is 420 g/mol. The number of H-pyrrole nitrogens is 1. The molecule has 3 aromatic rings. The lowest BCUT2D eigenvalue weighted by molar-refractivity contribution is -0.123. The Morgan fingerprint density at radius 1 is 1.13 bits per heavy atom. The van der Waals surface area contributed by atoms with E-state index in [1.54, 1.807) is 24.3 Å². The fourth-order valence-corrected chi connectivity index (χ4v) is 4.05. The van der Waals surface area contributed by atoms with Gasteiger partial charge in [-0.15, -0.1) is 0 Å². The van der Waals surface area contributed by atoms with Gasteiger partial charge in [-0.2, -0.15) is 0 Å². The van der Waals surface area contributed by atoms with Crippen molar-refractivity contribution in [2.45, 2.75) is 30.2 Å². The summed E-state index contributed by atoms with van der Waals surface area (Å²) in [6, 6.07) is 17.0. The number of thioether (sulfide) groups is 1. The van der Waals surface area contributed by atoms with E-state index in [-0.39, 0.29) is 23.7 Å². The number of aromatic nitrogens is 2. The van der Waals surface area contributed by atoms with Crippen LogP contribution < -0.4 is 16.2 Å². The molecule has 30 heavy (non-hydrogen) atoms. The Hall–Kier alpha value is -3.39. The van der Waals surface area contributed by atoms with Crippen LogP contribution in [0.5, 0.6) is 0 Å². The summed E-state index contributed by atoms with van der Waals surface area (Å²) in [6.45, 7) is 2.02. The Kier molecular flexibility index (Phi) is 5.67. The second kappa shape index (κ2) is 8.54. The molecule has 0 aliphatic carbocycles. The van der Waals surface area contributed by atoms with Gasteiger partial charge in [0.25, 0.3) is 5.56 Å². The molecule has 3 N–H and O–H groups in total. The van der Waals surface area contributed by atoms with Crippen molar-refractivity contribution in [1.29, 1.82) is 0 Å². The predicted octanol–water partition coefficient (Wildman–Crippen LogP) is 3.44. The molecular formula is C22H20N4O3S. The number of hydrogen-bond donors (Lipinski definition) is 3. The van der Waals surface area contributed by atoms with Gasteiger partial charge in [0.2, 0.25) is 11.8 Å². The smallest absolute Gasteiger partial charge is 0.257 e. The Labute approximate surface area is 177 Å². The van der Waals surface area contributed by atoms with Crippen LogP contribution in [0.25, 0.3) is 0 Å². The van der Waals surface area contributed by atoms with Crippen molar-refractivity contribution in [3.63, 3.8) is 0 Å². The van der Waals surface area contributed by atoms with Gasteiger partial charge in [0, 0.05) is 17.9 Å². The predicted molar refractivity (Wildman–Crippen MR) is 117 cm³/mol. The number of nitrogens with zero attached hydrogens (tertiary/aromatic N) is 1. The highest BCUT2D eigenvalue weighted by Crippen LogP contribution is 2.31. The molecule has 1 unspecified atom stereocenters. The van der Waals surface area contributed by atoms with Gasteiger partial charge in [0.05, 0.1) is 11.5 Å². The van der Waals surface area contributed by atoms with Crippen molar-refractivity contribution in [3.8, 4) is 0 Å². The molecule has 8 heteroatoms. The van der Waals surface area contributed by atoms with Gasteiger partial charge in [0.1, 0.15) is 5.82 Å². The van der Waals surface area contributed by atoms with E-state index in [4.69, 9.17) is 0 Å². The zero-order valence-electron chi connectivity index (χ0n) is 16.3. The summed E-state index contributed by atoms with van der Waals surface area (Å²) in [6.07, 6.45) is -0.105. The van der Waals surface area contributed by atoms with Crippen LogP contribution in [0, 0.1) is 6.92 Å². The molecule has 0 fully saturated rings. The van der Waals surface area contributed by atoms with Crippen molar-refractivity contribution in [2.24, 2.45) is 0 Å². The van der Waals surface area contributed by atoms with Crippen LogP contribution in [0.1, 0.15) is 29.0 Å². The van der Waals surface area contributed by atoms with Crippen LogP contribution in [0.4, 0.5) is 11.5 Å². The zero-order chi connectivity index (χ0) is 21.1. The van der Waals surface area contributed by atoms with E-state index in [0.717, 1.165) is 5.56 Å². The summed E-state index contributed by atoms with van der Waals surface area (Å²) < 4.78 is 0. The first-order valence-electron chi connectivity index (χ1n) is 9.48. The Bertz CT molecular complexity index is 1140. The number of amides is 2. The Morgan fingerprint density at radius 3 is 2.60 bits per heavy atom. The van der Waals surface area contributed by atoms with Crippen LogP contribution in [-0.4, -0.2) is 21.8 Å². The minimum Gasteiger partial charge on any atom is -0.326 e. The summed E-state index contributed by atoms with van der Waals surface area (Å²) in [4.78, 5) is 44.9. The van der Waals surface area contributed by atoms with Crippen molar-refractivity contribution in [3.05, 3.63) is 81.6 Å². The second-order valence-corrected chi connectivity index (χ2v) is 8.03. The molecule has 0 bridgehead atoms. The molecule has 0 saturated heterocycles. The summed E-state index contributed by atoms with van der Waals surface area (Å²) >= 11 is 1.36.